The van der Waals surface area contributed by atoms with Crippen LogP contribution in [0.5, 0.6) is 0 Å². The predicted octanol–water partition coefficient (Wildman–Crippen LogP) is 2.35. The number of benzene rings is 1. The second-order valence-electron chi connectivity index (χ2n) is 4.07. The Balaban J connectivity index is 2.95. The Morgan fingerprint density at radius 3 is 2.76 bits per heavy atom. The molecule has 0 bridgehead atoms. The van der Waals surface area contributed by atoms with Crippen LogP contribution in [0.1, 0.15) is 18.5 Å². The first kappa shape index (κ1) is 13.7. The van der Waals surface area contributed by atoms with Crippen molar-refractivity contribution in [1.29, 1.82) is 0 Å². The normalized spacial score (nSPS) is 12.2. The minimum Gasteiger partial charge on any atom is -0.383 e. The topological polar surface area (TPSA) is 38.5 Å². The number of anilines is 1. The van der Waals surface area contributed by atoms with Crippen molar-refractivity contribution in [2.24, 2.45) is 5.73 Å². The van der Waals surface area contributed by atoms with Gasteiger partial charge in [0.1, 0.15) is 0 Å². The summed E-state index contributed by atoms with van der Waals surface area (Å²) in [6, 6.07) is 8.25. The predicted molar refractivity (Wildman–Crippen MR) is 73.3 cm³/mol. The Morgan fingerprint density at radius 2 is 2.18 bits per heavy atom. The van der Waals surface area contributed by atoms with Crippen molar-refractivity contribution in [3.05, 3.63) is 42.5 Å². The largest absolute Gasteiger partial charge is 0.383 e. The van der Waals surface area contributed by atoms with Crippen LogP contribution in [0, 0.1) is 0 Å². The second-order valence-corrected chi connectivity index (χ2v) is 4.07. The lowest BCUT2D eigenvalue weighted by atomic mass is 10.1. The maximum absolute atomic E-state index is 5.99. The molecule has 0 aliphatic carbocycles. The SMILES string of the molecule is C=CCN(CCOC)c1ccccc1[C@@H](C)N. The van der Waals surface area contributed by atoms with E-state index in [1.807, 2.05) is 25.1 Å². The van der Waals surface area contributed by atoms with Gasteiger partial charge in [0.2, 0.25) is 0 Å². The molecule has 0 saturated heterocycles. The molecular weight excluding hydrogens is 212 g/mol. The fourth-order valence-electron chi connectivity index (χ4n) is 1.83. The van der Waals surface area contributed by atoms with Gasteiger partial charge in [0.25, 0.3) is 0 Å². The molecule has 1 rings (SSSR count). The van der Waals surface area contributed by atoms with Gasteiger partial charge in [0.15, 0.2) is 0 Å². The third-order valence-electron chi connectivity index (χ3n) is 2.68. The smallest absolute Gasteiger partial charge is 0.0637 e. The summed E-state index contributed by atoms with van der Waals surface area (Å²) in [6.07, 6.45) is 1.90. The summed E-state index contributed by atoms with van der Waals surface area (Å²) in [4.78, 5) is 2.23. The molecule has 0 heterocycles. The maximum Gasteiger partial charge on any atom is 0.0637 e. The van der Waals surface area contributed by atoms with Crippen LogP contribution < -0.4 is 10.6 Å². The van der Waals surface area contributed by atoms with Crippen LogP contribution in [-0.2, 0) is 4.74 Å². The van der Waals surface area contributed by atoms with Crippen LogP contribution in [0.15, 0.2) is 36.9 Å². The van der Waals surface area contributed by atoms with Crippen LogP contribution >= 0.6 is 0 Å². The van der Waals surface area contributed by atoms with Crippen molar-refractivity contribution >= 4 is 5.69 Å². The molecule has 17 heavy (non-hydrogen) atoms. The molecule has 3 nitrogen and oxygen atoms in total. The van der Waals surface area contributed by atoms with Crippen molar-refractivity contribution in [2.45, 2.75) is 13.0 Å². The number of hydrogen-bond acceptors (Lipinski definition) is 3. The van der Waals surface area contributed by atoms with E-state index in [-0.39, 0.29) is 6.04 Å². The molecule has 0 unspecified atom stereocenters. The summed E-state index contributed by atoms with van der Waals surface area (Å²) >= 11 is 0. The molecule has 0 radical (unpaired) electrons. The highest BCUT2D eigenvalue weighted by atomic mass is 16.5. The maximum atomic E-state index is 5.99. The summed E-state index contributed by atoms with van der Waals surface area (Å²) in [5.41, 5.74) is 8.32. The Bertz CT molecular complexity index is 350. The molecule has 1 aromatic carbocycles. The van der Waals surface area contributed by atoms with Crippen LogP contribution in [-0.4, -0.2) is 26.8 Å². The van der Waals surface area contributed by atoms with Crippen LogP contribution in [0.25, 0.3) is 0 Å². The Hall–Kier alpha value is -1.32. The summed E-state index contributed by atoms with van der Waals surface area (Å²) in [6.45, 7) is 8.13. The lowest BCUT2D eigenvalue weighted by molar-refractivity contribution is 0.205. The van der Waals surface area contributed by atoms with Gasteiger partial charge in [-0.25, -0.2) is 0 Å². The highest BCUT2D eigenvalue weighted by molar-refractivity contribution is 5.55. The first-order valence-corrected chi connectivity index (χ1v) is 5.90. The number of ether oxygens (including phenoxy) is 1. The standard InChI is InChI=1S/C14H22N2O/c1-4-9-16(10-11-17-3)14-8-6-5-7-13(14)12(2)15/h4-8,12H,1,9-11,15H2,2-3H3/t12-/m1/s1. The number of methoxy groups -OCH3 is 1. The zero-order chi connectivity index (χ0) is 12.7. The summed E-state index contributed by atoms with van der Waals surface area (Å²) in [5.74, 6) is 0. The van der Waals surface area contributed by atoms with Crippen molar-refractivity contribution in [3.8, 4) is 0 Å². The first-order valence-electron chi connectivity index (χ1n) is 5.90. The van der Waals surface area contributed by atoms with Crippen LogP contribution in [0.4, 0.5) is 5.69 Å². The van der Waals surface area contributed by atoms with E-state index < -0.39 is 0 Å². The van der Waals surface area contributed by atoms with E-state index in [4.69, 9.17) is 10.5 Å². The Kier molecular flexibility index (Phi) is 5.73. The molecule has 1 aromatic rings. The Labute approximate surface area is 104 Å². The number of rotatable bonds is 7. The summed E-state index contributed by atoms with van der Waals surface area (Å²) < 4.78 is 5.13. The zero-order valence-corrected chi connectivity index (χ0v) is 10.7. The van der Waals surface area contributed by atoms with E-state index in [1.54, 1.807) is 7.11 Å². The first-order chi connectivity index (χ1) is 8.20. The molecule has 1 atom stereocenters. The Morgan fingerprint density at radius 1 is 1.47 bits per heavy atom. The number of nitrogens with two attached hydrogens (primary N) is 1. The lowest BCUT2D eigenvalue weighted by Crippen LogP contribution is -2.29. The van der Waals surface area contributed by atoms with Gasteiger partial charge < -0.3 is 15.4 Å². The van der Waals surface area contributed by atoms with E-state index in [9.17, 15) is 0 Å². The van der Waals surface area contributed by atoms with Crippen molar-refractivity contribution in [1.82, 2.24) is 0 Å². The van der Waals surface area contributed by atoms with Gasteiger partial charge in [0.05, 0.1) is 6.61 Å². The molecule has 0 aliphatic heterocycles. The average molecular weight is 234 g/mol. The van der Waals surface area contributed by atoms with E-state index in [2.05, 4.69) is 23.6 Å². The molecule has 0 amide bonds. The van der Waals surface area contributed by atoms with Gasteiger partial charge in [-0.2, -0.15) is 0 Å². The molecule has 0 aromatic heterocycles. The zero-order valence-electron chi connectivity index (χ0n) is 10.7. The minimum atomic E-state index is 0.0288. The molecule has 0 aliphatic rings. The van der Waals surface area contributed by atoms with Gasteiger partial charge in [-0.15, -0.1) is 6.58 Å². The van der Waals surface area contributed by atoms with Gasteiger partial charge in [-0.3, -0.25) is 0 Å². The monoisotopic (exact) mass is 234 g/mol. The van der Waals surface area contributed by atoms with E-state index in [0.717, 1.165) is 18.7 Å². The highest BCUT2D eigenvalue weighted by Gasteiger charge is 2.11. The molecule has 2 N–H and O–H groups in total. The second kappa shape index (κ2) is 7.09. The molecule has 0 spiro atoms. The summed E-state index contributed by atoms with van der Waals surface area (Å²) in [7, 11) is 1.71. The highest BCUT2D eigenvalue weighted by Crippen LogP contribution is 2.24. The number of hydrogen-bond donors (Lipinski definition) is 1. The number of nitrogens with zero attached hydrogens (tertiary/aromatic N) is 1. The summed E-state index contributed by atoms with van der Waals surface area (Å²) in [5, 5.41) is 0. The van der Waals surface area contributed by atoms with Crippen molar-refractivity contribution in [3.63, 3.8) is 0 Å². The van der Waals surface area contributed by atoms with Crippen molar-refractivity contribution < 1.29 is 4.74 Å². The van der Waals surface area contributed by atoms with Crippen LogP contribution in [0.3, 0.4) is 0 Å². The minimum absolute atomic E-state index is 0.0288. The quantitative estimate of drug-likeness (QED) is 0.736. The molecule has 0 fully saturated rings. The lowest BCUT2D eigenvalue weighted by Gasteiger charge is -2.26. The average Bonchev–Trinajstić information content (AvgIpc) is 2.34. The van der Waals surface area contributed by atoms with Gasteiger partial charge in [-0.05, 0) is 18.6 Å². The fourth-order valence-corrected chi connectivity index (χ4v) is 1.83. The van der Waals surface area contributed by atoms with E-state index in [1.165, 1.54) is 5.69 Å². The fraction of sp³-hybridized carbons (Fsp3) is 0.429. The van der Waals surface area contributed by atoms with E-state index >= 15 is 0 Å². The number of para-hydroxylation sites is 1. The molecule has 94 valence electrons. The third-order valence-corrected chi connectivity index (χ3v) is 2.68. The molecule has 3 heteroatoms. The van der Waals surface area contributed by atoms with Gasteiger partial charge in [-0.1, -0.05) is 24.3 Å². The van der Waals surface area contributed by atoms with Crippen LogP contribution in [0.2, 0.25) is 0 Å². The van der Waals surface area contributed by atoms with E-state index in [0.29, 0.717) is 6.61 Å². The van der Waals surface area contributed by atoms with Gasteiger partial charge in [0, 0.05) is 31.9 Å². The van der Waals surface area contributed by atoms with Gasteiger partial charge >= 0.3 is 0 Å². The third kappa shape index (κ3) is 3.88. The molecular formula is C14H22N2O. The molecule has 0 saturated carbocycles. The van der Waals surface area contributed by atoms with Crippen molar-refractivity contribution in [2.75, 3.05) is 31.7 Å².